The molecule has 0 saturated heterocycles. The van der Waals surface area contributed by atoms with E-state index in [4.69, 9.17) is 9.97 Å². The third kappa shape index (κ3) is 4.48. The van der Waals surface area contributed by atoms with E-state index in [1.165, 1.54) is 11.1 Å². The molecule has 1 N–H and O–H groups in total. The predicted octanol–water partition coefficient (Wildman–Crippen LogP) is 3.14. The first kappa shape index (κ1) is 17.7. The van der Waals surface area contributed by atoms with Crippen LogP contribution in [0.2, 0.25) is 0 Å². The number of fused-ring (bicyclic) bond motifs is 1. The van der Waals surface area contributed by atoms with Gasteiger partial charge in [-0.05, 0) is 31.6 Å². The van der Waals surface area contributed by atoms with Gasteiger partial charge < -0.3 is 15.1 Å². The van der Waals surface area contributed by atoms with Crippen molar-refractivity contribution in [2.45, 2.75) is 32.7 Å². The molecule has 25 heavy (non-hydrogen) atoms. The minimum atomic E-state index is 0.312. The van der Waals surface area contributed by atoms with Gasteiger partial charge in [0.15, 0.2) is 0 Å². The Labute approximate surface area is 151 Å². The minimum absolute atomic E-state index is 0.312. The third-order valence-electron chi connectivity index (χ3n) is 4.57. The molecule has 1 aromatic heterocycles. The lowest BCUT2D eigenvalue weighted by Crippen LogP contribution is -2.31. The van der Waals surface area contributed by atoms with E-state index in [0.29, 0.717) is 5.92 Å². The summed E-state index contributed by atoms with van der Waals surface area (Å²) >= 11 is 0. The fourth-order valence-corrected chi connectivity index (χ4v) is 3.06. The molecule has 2 heterocycles. The van der Waals surface area contributed by atoms with Crippen LogP contribution in [-0.4, -0.2) is 48.6 Å². The van der Waals surface area contributed by atoms with Gasteiger partial charge >= 0.3 is 0 Å². The highest BCUT2D eigenvalue weighted by Crippen LogP contribution is 2.26. The molecule has 5 nitrogen and oxygen atoms in total. The molecule has 5 heteroatoms. The lowest BCUT2D eigenvalue weighted by Gasteiger charge is -2.30. The SMILES string of the molecule is CC(C)c1nc(NCCN(C)C)cc(N2CCc3ccccc3C2)n1. The van der Waals surface area contributed by atoms with Gasteiger partial charge in [0, 0.05) is 38.2 Å². The van der Waals surface area contributed by atoms with Gasteiger partial charge in [0.05, 0.1) is 0 Å². The topological polar surface area (TPSA) is 44.3 Å². The quantitative estimate of drug-likeness (QED) is 0.876. The van der Waals surface area contributed by atoms with Crippen molar-refractivity contribution in [3.05, 3.63) is 47.3 Å². The van der Waals surface area contributed by atoms with Crippen LogP contribution in [0.5, 0.6) is 0 Å². The Hall–Kier alpha value is -2.14. The summed E-state index contributed by atoms with van der Waals surface area (Å²) in [5.41, 5.74) is 2.86. The van der Waals surface area contributed by atoms with Crippen molar-refractivity contribution in [2.24, 2.45) is 0 Å². The standard InChI is InChI=1S/C20H29N5/c1-15(2)20-22-18(21-10-12-24(3)4)13-19(23-20)25-11-9-16-7-5-6-8-17(16)14-25/h5-8,13,15H,9-12,14H2,1-4H3,(H,21,22,23). The molecule has 0 atom stereocenters. The summed E-state index contributed by atoms with van der Waals surface area (Å²) in [6.07, 6.45) is 1.07. The maximum Gasteiger partial charge on any atom is 0.135 e. The van der Waals surface area contributed by atoms with Crippen molar-refractivity contribution in [3.8, 4) is 0 Å². The second-order valence-electron chi connectivity index (χ2n) is 7.29. The van der Waals surface area contributed by atoms with E-state index in [2.05, 4.69) is 73.4 Å². The van der Waals surface area contributed by atoms with Gasteiger partial charge in [-0.1, -0.05) is 38.1 Å². The highest BCUT2D eigenvalue weighted by atomic mass is 15.2. The molecule has 0 unspecified atom stereocenters. The van der Waals surface area contributed by atoms with Crippen LogP contribution in [0.4, 0.5) is 11.6 Å². The first-order valence-electron chi connectivity index (χ1n) is 9.12. The van der Waals surface area contributed by atoms with E-state index in [1.807, 2.05) is 0 Å². The summed E-state index contributed by atoms with van der Waals surface area (Å²) < 4.78 is 0. The van der Waals surface area contributed by atoms with Gasteiger partial charge in [0.1, 0.15) is 17.5 Å². The number of nitrogens with one attached hydrogen (secondary N) is 1. The molecule has 1 aliphatic heterocycles. The predicted molar refractivity (Wildman–Crippen MR) is 104 cm³/mol. The second kappa shape index (κ2) is 7.83. The maximum absolute atomic E-state index is 4.84. The largest absolute Gasteiger partial charge is 0.369 e. The lowest BCUT2D eigenvalue weighted by atomic mass is 10.00. The average Bonchev–Trinajstić information content (AvgIpc) is 2.60. The summed E-state index contributed by atoms with van der Waals surface area (Å²) in [5.74, 6) is 3.17. The molecule has 0 radical (unpaired) electrons. The Bertz CT molecular complexity index is 711. The van der Waals surface area contributed by atoms with E-state index < -0.39 is 0 Å². The smallest absolute Gasteiger partial charge is 0.135 e. The van der Waals surface area contributed by atoms with Gasteiger partial charge in [-0.3, -0.25) is 0 Å². The van der Waals surface area contributed by atoms with Crippen LogP contribution in [0, 0.1) is 0 Å². The monoisotopic (exact) mass is 339 g/mol. The molecule has 0 bridgehead atoms. The number of hydrogen-bond acceptors (Lipinski definition) is 5. The Morgan fingerprint density at radius 1 is 1.16 bits per heavy atom. The van der Waals surface area contributed by atoms with Crippen molar-refractivity contribution < 1.29 is 0 Å². The number of aromatic nitrogens is 2. The highest BCUT2D eigenvalue weighted by Gasteiger charge is 2.19. The van der Waals surface area contributed by atoms with E-state index >= 15 is 0 Å². The van der Waals surface area contributed by atoms with Crippen molar-refractivity contribution >= 4 is 11.6 Å². The molecule has 0 spiro atoms. The zero-order valence-electron chi connectivity index (χ0n) is 15.8. The fraction of sp³-hybridized carbons (Fsp3) is 0.500. The Morgan fingerprint density at radius 2 is 1.92 bits per heavy atom. The Balaban J connectivity index is 1.81. The van der Waals surface area contributed by atoms with Crippen molar-refractivity contribution in [3.63, 3.8) is 0 Å². The number of rotatable bonds is 6. The molecule has 0 amide bonds. The maximum atomic E-state index is 4.84. The van der Waals surface area contributed by atoms with Crippen LogP contribution >= 0.6 is 0 Å². The highest BCUT2D eigenvalue weighted by molar-refractivity contribution is 5.51. The van der Waals surface area contributed by atoms with E-state index in [9.17, 15) is 0 Å². The van der Waals surface area contributed by atoms with Gasteiger partial charge in [0.25, 0.3) is 0 Å². The van der Waals surface area contributed by atoms with E-state index in [-0.39, 0.29) is 0 Å². The van der Waals surface area contributed by atoms with Crippen LogP contribution in [0.1, 0.15) is 36.7 Å². The summed E-state index contributed by atoms with van der Waals surface area (Å²) in [7, 11) is 4.16. The molecule has 1 aliphatic rings. The van der Waals surface area contributed by atoms with Crippen LogP contribution in [0.3, 0.4) is 0 Å². The molecule has 0 saturated carbocycles. The molecular formula is C20H29N5. The molecule has 0 fully saturated rings. The van der Waals surface area contributed by atoms with Crippen LogP contribution in [-0.2, 0) is 13.0 Å². The fourth-order valence-electron chi connectivity index (χ4n) is 3.06. The van der Waals surface area contributed by atoms with E-state index in [0.717, 1.165) is 50.1 Å². The zero-order valence-corrected chi connectivity index (χ0v) is 15.8. The number of likely N-dealkylation sites (N-methyl/N-ethyl adjacent to an activating group) is 1. The number of benzene rings is 1. The zero-order chi connectivity index (χ0) is 17.8. The summed E-state index contributed by atoms with van der Waals surface area (Å²) in [5, 5.41) is 3.45. The third-order valence-corrected chi connectivity index (χ3v) is 4.57. The Morgan fingerprint density at radius 3 is 2.64 bits per heavy atom. The lowest BCUT2D eigenvalue weighted by molar-refractivity contribution is 0.425. The first-order chi connectivity index (χ1) is 12.0. The first-order valence-corrected chi connectivity index (χ1v) is 9.12. The van der Waals surface area contributed by atoms with Gasteiger partial charge in [-0.15, -0.1) is 0 Å². The molecule has 3 rings (SSSR count). The minimum Gasteiger partial charge on any atom is -0.369 e. The molecular weight excluding hydrogens is 310 g/mol. The average molecular weight is 339 g/mol. The molecule has 134 valence electrons. The summed E-state index contributed by atoms with van der Waals surface area (Å²) in [4.78, 5) is 14.1. The van der Waals surface area contributed by atoms with Crippen LogP contribution in [0.15, 0.2) is 30.3 Å². The van der Waals surface area contributed by atoms with Gasteiger partial charge in [-0.2, -0.15) is 0 Å². The van der Waals surface area contributed by atoms with Crippen LogP contribution in [0.25, 0.3) is 0 Å². The van der Waals surface area contributed by atoms with Gasteiger partial charge in [0.2, 0.25) is 0 Å². The normalized spacial score (nSPS) is 14.1. The number of anilines is 2. The van der Waals surface area contributed by atoms with Crippen molar-refractivity contribution in [1.82, 2.24) is 14.9 Å². The number of hydrogen-bond donors (Lipinski definition) is 1. The molecule has 1 aromatic carbocycles. The second-order valence-corrected chi connectivity index (χ2v) is 7.29. The molecule has 2 aromatic rings. The molecule has 0 aliphatic carbocycles. The van der Waals surface area contributed by atoms with Crippen LogP contribution < -0.4 is 10.2 Å². The summed E-state index contributed by atoms with van der Waals surface area (Å²) in [6.45, 7) is 8.07. The van der Waals surface area contributed by atoms with Crippen molar-refractivity contribution in [1.29, 1.82) is 0 Å². The number of nitrogens with zero attached hydrogens (tertiary/aromatic N) is 4. The summed E-state index contributed by atoms with van der Waals surface area (Å²) in [6, 6.07) is 10.8. The van der Waals surface area contributed by atoms with E-state index in [1.54, 1.807) is 0 Å². The van der Waals surface area contributed by atoms with Gasteiger partial charge in [-0.25, -0.2) is 9.97 Å². The van der Waals surface area contributed by atoms with Crippen molar-refractivity contribution in [2.75, 3.05) is 43.9 Å². The Kier molecular flexibility index (Phi) is 5.53.